The Bertz CT molecular complexity index is 501. The number of hydrogen-bond acceptors (Lipinski definition) is 3. The fraction of sp³-hybridized carbons (Fsp3) is 0.556. The van der Waals surface area contributed by atoms with Gasteiger partial charge in [-0.15, -0.1) is 11.8 Å². The summed E-state index contributed by atoms with van der Waals surface area (Å²) in [6.45, 7) is 3.96. The van der Waals surface area contributed by atoms with Crippen molar-refractivity contribution in [1.29, 1.82) is 0 Å². The maximum Gasteiger partial charge on any atom is 0.240 e. The van der Waals surface area contributed by atoms with Crippen molar-refractivity contribution < 1.29 is 9.59 Å². The fourth-order valence-corrected chi connectivity index (χ4v) is 3.94. The summed E-state index contributed by atoms with van der Waals surface area (Å²) >= 11 is 1.69. The van der Waals surface area contributed by atoms with E-state index >= 15 is 0 Å². The number of carbonyl (C=O) groups excluding carboxylic acids is 2. The highest BCUT2D eigenvalue weighted by atomic mass is 32.2. The van der Waals surface area contributed by atoms with E-state index in [1.54, 1.807) is 11.8 Å². The van der Waals surface area contributed by atoms with Gasteiger partial charge in [-0.25, -0.2) is 0 Å². The number of nitrogens with zero attached hydrogens (tertiary/aromatic N) is 1. The number of piperidine rings is 1. The summed E-state index contributed by atoms with van der Waals surface area (Å²) in [5.74, 6) is 1.10. The molecule has 0 spiro atoms. The van der Waals surface area contributed by atoms with Gasteiger partial charge < -0.3 is 10.2 Å². The Kier molecular flexibility index (Phi) is 7.46. The monoisotopic (exact) mass is 334 g/mol. The Labute approximate surface area is 143 Å². The molecule has 5 heteroatoms. The smallest absolute Gasteiger partial charge is 0.240 e. The standard InChI is InChI=1S/C18H26N2O2S/c1-15(21)19-11-8-14-23-17(16-9-4-2-5-10-16)18(22)20-12-6-3-7-13-20/h2,4-5,9-10,17H,3,6-8,11-14H2,1H3,(H,19,21)/t17-/m0/s1. The zero-order valence-electron chi connectivity index (χ0n) is 13.8. The quantitative estimate of drug-likeness (QED) is 0.780. The first-order chi connectivity index (χ1) is 11.2. The number of amides is 2. The van der Waals surface area contributed by atoms with Crippen molar-refractivity contribution in [2.45, 2.75) is 37.9 Å². The predicted octanol–water partition coefficient (Wildman–Crippen LogP) is 3.00. The number of nitrogens with one attached hydrogen (secondary N) is 1. The molecular weight excluding hydrogens is 308 g/mol. The summed E-state index contributed by atoms with van der Waals surface area (Å²) < 4.78 is 0. The van der Waals surface area contributed by atoms with Gasteiger partial charge >= 0.3 is 0 Å². The summed E-state index contributed by atoms with van der Waals surface area (Å²) in [5.41, 5.74) is 1.08. The lowest BCUT2D eigenvalue weighted by Crippen LogP contribution is -2.38. The lowest BCUT2D eigenvalue weighted by atomic mass is 10.1. The summed E-state index contributed by atoms with van der Waals surface area (Å²) in [6.07, 6.45) is 4.32. The number of thioether (sulfide) groups is 1. The second-order valence-electron chi connectivity index (χ2n) is 5.88. The third-order valence-electron chi connectivity index (χ3n) is 3.97. The van der Waals surface area contributed by atoms with Crippen LogP contribution < -0.4 is 5.32 Å². The van der Waals surface area contributed by atoms with Crippen LogP contribution in [-0.4, -0.2) is 42.1 Å². The van der Waals surface area contributed by atoms with Crippen molar-refractivity contribution in [3.05, 3.63) is 35.9 Å². The Morgan fingerprint density at radius 2 is 1.87 bits per heavy atom. The molecule has 1 aliphatic heterocycles. The molecule has 0 bridgehead atoms. The first-order valence-corrected chi connectivity index (χ1v) is 9.43. The molecule has 1 aliphatic rings. The molecule has 0 radical (unpaired) electrons. The fourth-order valence-electron chi connectivity index (χ4n) is 2.76. The van der Waals surface area contributed by atoms with Crippen LogP contribution in [0, 0.1) is 0 Å². The summed E-state index contributed by atoms with van der Waals surface area (Å²) in [4.78, 5) is 25.8. The average Bonchev–Trinajstić information content (AvgIpc) is 2.59. The van der Waals surface area contributed by atoms with E-state index in [0.717, 1.165) is 43.7 Å². The van der Waals surface area contributed by atoms with E-state index in [-0.39, 0.29) is 17.1 Å². The van der Waals surface area contributed by atoms with Crippen molar-refractivity contribution >= 4 is 23.6 Å². The topological polar surface area (TPSA) is 49.4 Å². The average molecular weight is 334 g/mol. The van der Waals surface area contributed by atoms with Crippen LogP contribution in [0.2, 0.25) is 0 Å². The van der Waals surface area contributed by atoms with E-state index in [9.17, 15) is 9.59 Å². The van der Waals surface area contributed by atoms with Crippen molar-refractivity contribution in [3.8, 4) is 0 Å². The molecule has 1 aromatic carbocycles. The highest BCUT2D eigenvalue weighted by Gasteiger charge is 2.27. The first-order valence-electron chi connectivity index (χ1n) is 8.38. The van der Waals surface area contributed by atoms with E-state index in [2.05, 4.69) is 5.32 Å². The molecular formula is C18H26N2O2S. The molecule has 1 aromatic rings. The Morgan fingerprint density at radius 3 is 2.52 bits per heavy atom. The van der Waals surface area contributed by atoms with Crippen LogP contribution in [-0.2, 0) is 9.59 Å². The minimum atomic E-state index is -0.133. The predicted molar refractivity (Wildman–Crippen MR) is 95.4 cm³/mol. The van der Waals surface area contributed by atoms with Gasteiger partial charge in [-0.2, -0.15) is 0 Å². The molecule has 2 rings (SSSR count). The number of rotatable bonds is 7. The van der Waals surface area contributed by atoms with E-state index < -0.39 is 0 Å². The van der Waals surface area contributed by atoms with E-state index in [0.29, 0.717) is 6.54 Å². The maximum atomic E-state index is 12.9. The minimum absolute atomic E-state index is 0.000924. The molecule has 23 heavy (non-hydrogen) atoms. The molecule has 0 unspecified atom stereocenters. The van der Waals surface area contributed by atoms with Crippen LogP contribution in [0.4, 0.5) is 0 Å². The molecule has 0 aliphatic carbocycles. The summed E-state index contributed by atoms with van der Waals surface area (Å²) in [5, 5.41) is 2.67. The van der Waals surface area contributed by atoms with E-state index in [1.165, 1.54) is 13.3 Å². The molecule has 1 atom stereocenters. The van der Waals surface area contributed by atoms with Gasteiger partial charge in [-0.1, -0.05) is 30.3 Å². The van der Waals surface area contributed by atoms with Crippen molar-refractivity contribution in [2.75, 3.05) is 25.4 Å². The lowest BCUT2D eigenvalue weighted by molar-refractivity contribution is -0.131. The van der Waals surface area contributed by atoms with Crippen molar-refractivity contribution in [2.24, 2.45) is 0 Å². The highest BCUT2D eigenvalue weighted by molar-refractivity contribution is 8.00. The van der Waals surface area contributed by atoms with Crippen LogP contribution in [0.5, 0.6) is 0 Å². The van der Waals surface area contributed by atoms with Crippen LogP contribution in [0.1, 0.15) is 43.4 Å². The molecule has 126 valence electrons. The van der Waals surface area contributed by atoms with Crippen LogP contribution in [0.25, 0.3) is 0 Å². The molecule has 1 saturated heterocycles. The van der Waals surface area contributed by atoms with Gasteiger partial charge in [-0.3, -0.25) is 9.59 Å². The minimum Gasteiger partial charge on any atom is -0.356 e. The van der Waals surface area contributed by atoms with Crippen LogP contribution in [0.15, 0.2) is 30.3 Å². The molecule has 0 saturated carbocycles. The third kappa shape index (κ3) is 5.90. The highest BCUT2D eigenvalue weighted by Crippen LogP contribution is 2.32. The van der Waals surface area contributed by atoms with Gasteiger partial charge in [0.1, 0.15) is 5.25 Å². The number of likely N-dealkylation sites (tertiary alicyclic amines) is 1. The molecule has 0 aromatic heterocycles. The van der Waals surface area contributed by atoms with Gasteiger partial charge in [0, 0.05) is 26.6 Å². The van der Waals surface area contributed by atoms with E-state index in [4.69, 9.17) is 0 Å². The Hall–Kier alpha value is -1.49. The molecule has 4 nitrogen and oxygen atoms in total. The van der Waals surface area contributed by atoms with Crippen molar-refractivity contribution in [3.63, 3.8) is 0 Å². The number of hydrogen-bond donors (Lipinski definition) is 1. The molecule has 1 N–H and O–H groups in total. The SMILES string of the molecule is CC(=O)NCCCS[C@H](C(=O)N1CCCCC1)c1ccccc1. The normalized spacial score (nSPS) is 16.0. The van der Waals surface area contributed by atoms with Crippen molar-refractivity contribution in [1.82, 2.24) is 10.2 Å². The molecule has 1 fully saturated rings. The summed E-state index contributed by atoms with van der Waals surface area (Å²) in [7, 11) is 0. The van der Waals surface area contributed by atoms with Gasteiger partial charge in [0.05, 0.1) is 0 Å². The van der Waals surface area contributed by atoms with Gasteiger partial charge in [0.2, 0.25) is 11.8 Å². The maximum absolute atomic E-state index is 12.9. The molecule has 1 heterocycles. The zero-order valence-corrected chi connectivity index (χ0v) is 14.6. The van der Waals surface area contributed by atoms with E-state index in [1.807, 2.05) is 35.2 Å². The number of benzene rings is 1. The third-order valence-corrected chi connectivity index (χ3v) is 5.31. The summed E-state index contributed by atoms with van der Waals surface area (Å²) in [6, 6.07) is 10.0. The zero-order chi connectivity index (χ0) is 16.5. The van der Waals surface area contributed by atoms with Gasteiger partial charge in [-0.05, 0) is 37.0 Å². The largest absolute Gasteiger partial charge is 0.356 e. The van der Waals surface area contributed by atoms with Gasteiger partial charge in [0.15, 0.2) is 0 Å². The van der Waals surface area contributed by atoms with Crippen LogP contribution >= 0.6 is 11.8 Å². The first kappa shape index (κ1) is 17.9. The number of carbonyl (C=O) groups is 2. The van der Waals surface area contributed by atoms with Crippen LogP contribution in [0.3, 0.4) is 0 Å². The second-order valence-corrected chi connectivity index (χ2v) is 7.10. The Morgan fingerprint density at radius 1 is 1.17 bits per heavy atom. The molecule has 2 amide bonds. The van der Waals surface area contributed by atoms with Gasteiger partial charge in [0.25, 0.3) is 0 Å². The lowest BCUT2D eigenvalue weighted by Gasteiger charge is -2.30. The Balaban J connectivity index is 1.94. The second kappa shape index (κ2) is 9.60.